The molecule has 0 bridgehead atoms. The number of hydrogen-bond donors (Lipinski definition) is 2. The number of likely N-dealkylation sites (N-methyl/N-ethyl adjacent to an activating group) is 1. The number of amides is 2. The molecule has 0 saturated carbocycles. The molecule has 0 spiro atoms. The fourth-order valence-corrected chi connectivity index (χ4v) is 2.59. The van der Waals surface area contributed by atoms with E-state index in [-0.39, 0.29) is 6.04 Å². The van der Waals surface area contributed by atoms with Crippen LogP contribution in [-0.4, -0.2) is 37.4 Å². The SMILES string of the molecule is CN(C)C(CNC(=O)C(=O)NCc1cccs1)c1ccco1. The first-order valence-corrected chi connectivity index (χ1v) is 7.74. The molecule has 2 heterocycles. The minimum Gasteiger partial charge on any atom is -0.468 e. The van der Waals surface area contributed by atoms with E-state index in [0.717, 1.165) is 10.6 Å². The summed E-state index contributed by atoms with van der Waals surface area (Å²) in [6.07, 6.45) is 1.58. The van der Waals surface area contributed by atoms with E-state index in [1.54, 1.807) is 12.3 Å². The van der Waals surface area contributed by atoms with Crippen LogP contribution >= 0.6 is 11.3 Å². The summed E-state index contributed by atoms with van der Waals surface area (Å²) in [6.45, 7) is 0.658. The van der Waals surface area contributed by atoms with Crippen LogP contribution in [-0.2, 0) is 16.1 Å². The van der Waals surface area contributed by atoms with Crippen molar-refractivity contribution < 1.29 is 14.0 Å². The molecule has 2 rings (SSSR count). The number of thiophene rings is 1. The summed E-state index contributed by atoms with van der Waals surface area (Å²) in [5.74, 6) is -0.537. The van der Waals surface area contributed by atoms with E-state index in [0.29, 0.717) is 13.1 Å². The first-order chi connectivity index (χ1) is 10.6. The van der Waals surface area contributed by atoms with E-state index < -0.39 is 11.8 Å². The summed E-state index contributed by atoms with van der Waals surface area (Å²) >= 11 is 1.53. The lowest BCUT2D eigenvalue weighted by Gasteiger charge is -2.22. The molecule has 2 amide bonds. The molecular weight excluding hydrogens is 302 g/mol. The first kappa shape index (κ1) is 16.3. The van der Waals surface area contributed by atoms with E-state index in [9.17, 15) is 9.59 Å². The van der Waals surface area contributed by atoms with Crippen LogP contribution in [0.3, 0.4) is 0 Å². The molecular formula is C15H19N3O3S. The van der Waals surface area contributed by atoms with Gasteiger partial charge in [-0.25, -0.2) is 0 Å². The Bertz CT molecular complexity index is 594. The minimum atomic E-state index is -0.644. The molecule has 0 aromatic carbocycles. The van der Waals surface area contributed by atoms with Crippen LogP contribution in [0.5, 0.6) is 0 Å². The maximum absolute atomic E-state index is 11.8. The second kappa shape index (κ2) is 7.77. The number of rotatable bonds is 6. The Morgan fingerprint density at radius 3 is 2.59 bits per heavy atom. The van der Waals surface area contributed by atoms with Crippen molar-refractivity contribution in [2.45, 2.75) is 12.6 Å². The van der Waals surface area contributed by atoms with Crippen molar-refractivity contribution in [1.82, 2.24) is 15.5 Å². The van der Waals surface area contributed by atoms with E-state index in [4.69, 9.17) is 4.42 Å². The predicted molar refractivity (Wildman–Crippen MR) is 84.3 cm³/mol. The van der Waals surface area contributed by atoms with E-state index in [1.807, 2.05) is 42.6 Å². The van der Waals surface area contributed by atoms with Crippen LogP contribution in [0.25, 0.3) is 0 Å². The molecule has 0 aliphatic rings. The summed E-state index contributed by atoms with van der Waals surface area (Å²) in [6, 6.07) is 7.32. The molecule has 0 aliphatic carbocycles. The van der Waals surface area contributed by atoms with Gasteiger partial charge in [-0.15, -0.1) is 11.3 Å². The quantitative estimate of drug-likeness (QED) is 0.788. The van der Waals surface area contributed by atoms with Gasteiger partial charge in [-0.3, -0.25) is 14.5 Å². The van der Waals surface area contributed by atoms with Crippen molar-refractivity contribution in [3.05, 3.63) is 46.5 Å². The third kappa shape index (κ3) is 4.44. The average molecular weight is 321 g/mol. The molecule has 1 unspecified atom stereocenters. The normalized spacial score (nSPS) is 12.1. The van der Waals surface area contributed by atoms with Gasteiger partial charge < -0.3 is 15.1 Å². The number of furan rings is 1. The van der Waals surface area contributed by atoms with Crippen LogP contribution in [0.2, 0.25) is 0 Å². The summed E-state index contributed by atoms with van der Waals surface area (Å²) in [5, 5.41) is 7.15. The molecule has 1 atom stereocenters. The Morgan fingerprint density at radius 1 is 1.23 bits per heavy atom. The Kier molecular flexibility index (Phi) is 5.74. The Hall–Kier alpha value is -2.12. The fourth-order valence-electron chi connectivity index (χ4n) is 1.95. The van der Waals surface area contributed by atoms with Crippen LogP contribution in [0.15, 0.2) is 40.3 Å². The van der Waals surface area contributed by atoms with Crippen LogP contribution in [0.4, 0.5) is 0 Å². The lowest BCUT2D eigenvalue weighted by Crippen LogP contribution is -2.42. The highest BCUT2D eigenvalue weighted by Gasteiger charge is 2.20. The van der Waals surface area contributed by atoms with Gasteiger partial charge in [0.05, 0.1) is 18.8 Å². The molecule has 118 valence electrons. The third-order valence-electron chi connectivity index (χ3n) is 3.16. The number of hydrogen-bond acceptors (Lipinski definition) is 5. The van der Waals surface area contributed by atoms with Gasteiger partial charge in [0.25, 0.3) is 0 Å². The van der Waals surface area contributed by atoms with Gasteiger partial charge in [-0.2, -0.15) is 0 Å². The van der Waals surface area contributed by atoms with Crippen molar-refractivity contribution in [3.63, 3.8) is 0 Å². The molecule has 2 N–H and O–H groups in total. The average Bonchev–Trinajstić information content (AvgIpc) is 3.17. The van der Waals surface area contributed by atoms with Gasteiger partial charge in [-0.05, 0) is 37.7 Å². The smallest absolute Gasteiger partial charge is 0.309 e. The van der Waals surface area contributed by atoms with Crippen molar-refractivity contribution in [3.8, 4) is 0 Å². The van der Waals surface area contributed by atoms with Crippen LogP contribution < -0.4 is 10.6 Å². The Labute approximate surface area is 133 Å². The fraction of sp³-hybridized carbons (Fsp3) is 0.333. The largest absolute Gasteiger partial charge is 0.468 e. The lowest BCUT2D eigenvalue weighted by molar-refractivity contribution is -0.139. The number of nitrogens with one attached hydrogen (secondary N) is 2. The summed E-state index contributed by atoms with van der Waals surface area (Å²) in [7, 11) is 3.77. The maximum Gasteiger partial charge on any atom is 0.309 e. The van der Waals surface area contributed by atoms with Gasteiger partial charge in [0, 0.05) is 11.4 Å². The summed E-state index contributed by atoms with van der Waals surface area (Å²) < 4.78 is 5.35. The van der Waals surface area contributed by atoms with Crippen LogP contribution in [0, 0.1) is 0 Å². The van der Waals surface area contributed by atoms with E-state index in [2.05, 4.69) is 10.6 Å². The Morgan fingerprint density at radius 2 is 2.00 bits per heavy atom. The number of nitrogens with zero attached hydrogens (tertiary/aromatic N) is 1. The standard InChI is InChI=1S/C15H19N3O3S/c1-18(2)12(13-6-3-7-21-13)10-17-15(20)14(19)16-9-11-5-4-8-22-11/h3-8,12H,9-10H2,1-2H3,(H,16,19)(H,17,20). The maximum atomic E-state index is 11.8. The molecule has 22 heavy (non-hydrogen) atoms. The molecule has 6 nitrogen and oxygen atoms in total. The monoisotopic (exact) mass is 321 g/mol. The third-order valence-corrected chi connectivity index (χ3v) is 4.04. The van der Waals surface area contributed by atoms with Gasteiger partial charge in [-0.1, -0.05) is 6.07 Å². The van der Waals surface area contributed by atoms with E-state index >= 15 is 0 Å². The van der Waals surface area contributed by atoms with Crippen molar-refractivity contribution in [2.75, 3.05) is 20.6 Å². The second-order valence-electron chi connectivity index (χ2n) is 4.97. The highest BCUT2D eigenvalue weighted by molar-refractivity contribution is 7.09. The van der Waals surface area contributed by atoms with Crippen molar-refractivity contribution in [2.24, 2.45) is 0 Å². The highest BCUT2D eigenvalue weighted by atomic mass is 32.1. The zero-order valence-corrected chi connectivity index (χ0v) is 13.4. The van der Waals surface area contributed by atoms with E-state index in [1.165, 1.54) is 11.3 Å². The topological polar surface area (TPSA) is 74.6 Å². The second-order valence-corrected chi connectivity index (χ2v) is 6.00. The molecule has 2 aromatic heterocycles. The predicted octanol–water partition coefficient (Wildman–Crippen LogP) is 1.38. The van der Waals surface area contributed by atoms with Crippen molar-refractivity contribution >= 4 is 23.2 Å². The minimum absolute atomic E-state index is 0.121. The van der Waals surface area contributed by atoms with Gasteiger partial charge in [0.2, 0.25) is 0 Å². The Balaban J connectivity index is 1.81. The lowest BCUT2D eigenvalue weighted by atomic mass is 10.2. The summed E-state index contributed by atoms with van der Waals surface area (Å²) in [5.41, 5.74) is 0. The number of carbonyl (C=O) groups excluding carboxylic acids is 2. The molecule has 0 saturated heterocycles. The highest BCUT2D eigenvalue weighted by Crippen LogP contribution is 2.17. The molecule has 0 radical (unpaired) electrons. The zero-order valence-electron chi connectivity index (χ0n) is 12.5. The molecule has 0 fully saturated rings. The zero-order chi connectivity index (χ0) is 15.9. The molecule has 7 heteroatoms. The molecule has 2 aromatic rings. The van der Waals surface area contributed by atoms with Crippen LogP contribution in [0.1, 0.15) is 16.7 Å². The number of carbonyl (C=O) groups is 2. The first-order valence-electron chi connectivity index (χ1n) is 6.86. The van der Waals surface area contributed by atoms with Gasteiger partial charge in [0.15, 0.2) is 0 Å². The van der Waals surface area contributed by atoms with Gasteiger partial charge in [0.1, 0.15) is 5.76 Å². The van der Waals surface area contributed by atoms with Crippen molar-refractivity contribution in [1.29, 1.82) is 0 Å². The molecule has 0 aliphatic heterocycles. The summed E-state index contributed by atoms with van der Waals surface area (Å²) in [4.78, 5) is 26.5. The van der Waals surface area contributed by atoms with Gasteiger partial charge >= 0.3 is 11.8 Å².